The van der Waals surface area contributed by atoms with E-state index in [0.717, 1.165) is 101 Å². The second-order valence-corrected chi connectivity index (χ2v) is 24.4. The Balaban J connectivity index is 0.0000000931. The molecule has 74 heavy (non-hydrogen) atoms. The van der Waals surface area contributed by atoms with Crippen molar-refractivity contribution in [2.24, 2.45) is 58.2 Å². The molecule has 0 radical (unpaired) electrons. The summed E-state index contributed by atoms with van der Waals surface area (Å²) >= 11 is 0. The summed E-state index contributed by atoms with van der Waals surface area (Å²) in [4.78, 5) is 77.2. The van der Waals surface area contributed by atoms with Crippen molar-refractivity contribution in [2.45, 2.75) is 216 Å². The quantitative estimate of drug-likeness (QED) is 0.178. The molecule has 11 saturated heterocycles. The molecule has 18 nitrogen and oxygen atoms in total. The van der Waals surface area contributed by atoms with Crippen molar-refractivity contribution in [2.75, 3.05) is 33.2 Å². The molecule has 0 N–H and O–H groups in total. The topological polar surface area (TPSA) is 221 Å². The summed E-state index contributed by atoms with van der Waals surface area (Å²) in [6.07, 6.45) is 28.1. The third-order valence-corrected chi connectivity index (χ3v) is 19.8. The second-order valence-electron chi connectivity index (χ2n) is 24.4. The molecule has 18 rings (SSSR count). The number of cyclic esters (lactones) is 3. The van der Waals surface area contributed by atoms with Gasteiger partial charge in [0.1, 0.15) is 30.5 Å². The molecule has 18 aliphatic rings. The van der Waals surface area contributed by atoms with Crippen molar-refractivity contribution in [1.29, 1.82) is 0 Å². The predicted molar refractivity (Wildman–Crippen MR) is 254 cm³/mol. The van der Waals surface area contributed by atoms with Crippen LogP contribution in [0.15, 0.2) is 0 Å². The number of esters is 7. The molecule has 6 bridgehead atoms. The molecule has 15 unspecified atom stereocenters. The fourth-order valence-electron chi connectivity index (χ4n) is 16.0. The van der Waals surface area contributed by atoms with E-state index in [1.165, 1.54) is 70.6 Å². The van der Waals surface area contributed by atoms with Gasteiger partial charge in [0.05, 0.1) is 68.4 Å². The van der Waals surface area contributed by atoms with Crippen LogP contribution in [0.25, 0.3) is 0 Å². The van der Waals surface area contributed by atoms with Crippen LogP contribution >= 0.6 is 0 Å². The molecule has 7 aliphatic carbocycles. The van der Waals surface area contributed by atoms with Crippen molar-refractivity contribution in [3.8, 4) is 0 Å². The molecule has 11 heterocycles. The summed E-state index contributed by atoms with van der Waals surface area (Å²) in [5, 5.41) is 0. The minimum atomic E-state index is -0.326. The summed E-state index contributed by atoms with van der Waals surface area (Å²) in [5.74, 6) is 4.90. The maximum atomic E-state index is 11.6. The third-order valence-electron chi connectivity index (χ3n) is 19.8. The molecule has 11 aliphatic heterocycles. The van der Waals surface area contributed by atoms with Gasteiger partial charge in [0, 0.05) is 18.3 Å². The lowest BCUT2D eigenvalue weighted by Crippen LogP contribution is -2.32. The summed E-state index contributed by atoms with van der Waals surface area (Å²) in [7, 11) is 0. The van der Waals surface area contributed by atoms with Gasteiger partial charge in [0.15, 0.2) is 25.3 Å². The van der Waals surface area contributed by atoms with E-state index >= 15 is 0 Å². The Hall–Kier alpha value is -3.87. The lowest BCUT2D eigenvalue weighted by Gasteiger charge is -2.35. The van der Waals surface area contributed by atoms with E-state index in [0.29, 0.717) is 62.9 Å². The molecule has 0 aromatic heterocycles. The smallest absolute Gasteiger partial charge is 0.312 e. The van der Waals surface area contributed by atoms with Gasteiger partial charge < -0.3 is 52.1 Å². The number of carbonyl (C=O) groups is 7. The maximum absolute atomic E-state index is 11.6. The normalized spacial score (nSPS) is 43.7. The molecule has 0 amide bonds. The Morgan fingerprint density at radius 3 is 1.89 bits per heavy atom. The molecular weight excluding hydrogens is 961 g/mol. The fourth-order valence-corrected chi connectivity index (χ4v) is 16.0. The molecule has 18 heteroatoms. The van der Waals surface area contributed by atoms with Gasteiger partial charge in [-0.1, -0.05) is 32.1 Å². The fraction of sp³-hybridized carbons (Fsp3) is 0.875. The van der Waals surface area contributed by atoms with Crippen LogP contribution in [0.2, 0.25) is 0 Å². The van der Waals surface area contributed by atoms with Gasteiger partial charge >= 0.3 is 41.8 Å². The Morgan fingerprint density at radius 2 is 1.19 bits per heavy atom. The van der Waals surface area contributed by atoms with E-state index in [1.54, 1.807) is 0 Å². The van der Waals surface area contributed by atoms with E-state index < -0.39 is 0 Å². The van der Waals surface area contributed by atoms with Gasteiger partial charge in [-0.2, -0.15) is 0 Å². The number of hydrogen-bond acceptors (Lipinski definition) is 18. The van der Waals surface area contributed by atoms with Crippen LogP contribution in [0.5, 0.6) is 0 Å². The highest BCUT2D eigenvalue weighted by Gasteiger charge is 2.59. The highest BCUT2D eigenvalue weighted by molar-refractivity contribution is 5.80. The van der Waals surface area contributed by atoms with Crippen LogP contribution in [0, 0.1) is 58.2 Å². The van der Waals surface area contributed by atoms with Crippen LogP contribution in [-0.2, 0) is 85.7 Å². The maximum Gasteiger partial charge on any atom is 0.312 e. The lowest BCUT2D eigenvalue weighted by atomic mass is 9.68. The Kier molecular flexibility index (Phi) is 15.9. The Labute approximate surface area is 433 Å². The highest BCUT2D eigenvalue weighted by Crippen LogP contribution is 2.60. The summed E-state index contributed by atoms with van der Waals surface area (Å²) in [5.41, 5.74) is -0.0266. The minimum Gasteiger partial charge on any atom is -0.465 e. The first-order valence-corrected chi connectivity index (χ1v) is 28.7. The van der Waals surface area contributed by atoms with Gasteiger partial charge in [-0.05, 0) is 133 Å². The molecule has 18 fully saturated rings. The Morgan fingerprint density at radius 1 is 0.459 bits per heavy atom. The van der Waals surface area contributed by atoms with Crippen molar-refractivity contribution >= 4 is 41.8 Å². The predicted octanol–water partition coefficient (Wildman–Crippen LogP) is 6.91. The first-order chi connectivity index (χ1) is 35.9. The van der Waals surface area contributed by atoms with Crippen molar-refractivity contribution in [1.82, 2.24) is 0 Å². The average molecular weight is 1040 g/mol. The van der Waals surface area contributed by atoms with E-state index in [1.807, 2.05) is 0 Å². The standard InChI is InChI=1S/2C10H14O2.C9H14O2.C7H8O5.2C7H10O2.C6H8O3/c11-10-8-2-6-1-7(3-8)5-9(4-6)12-10;11-9-10(3-4-12-9)6-7-1-2-8(10)5-7;10-8-9(6-7-11-8)4-2-1-3-5-9;8-4-1-3-5(12-4)6-7(11-3)10-2-9-6;8-7-6-3-1-2-5(6)4-9-7;8-7-4-5-2-1-3-6(5)9-7;7-6-3-5-4(9-6)1-2-8-5/h6-9H,1-5H2;7-8H,1-6H2;1-7H2;3,5-7H,1-2H2;2*5-6H,1-4H2;4-5H,1-3H2. The summed E-state index contributed by atoms with van der Waals surface area (Å²) < 4.78 is 56.3. The zero-order valence-corrected chi connectivity index (χ0v) is 43.0. The van der Waals surface area contributed by atoms with Crippen molar-refractivity contribution in [3.63, 3.8) is 0 Å². The zero-order valence-electron chi connectivity index (χ0n) is 43.0. The first-order valence-electron chi connectivity index (χ1n) is 28.7. The number of carbonyl (C=O) groups excluding carboxylic acids is 7. The first kappa shape index (κ1) is 52.2. The number of rotatable bonds is 0. The summed E-state index contributed by atoms with van der Waals surface area (Å²) in [6, 6.07) is 0. The highest BCUT2D eigenvalue weighted by atomic mass is 16.8. The van der Waals surface area contributed by atoms with Gasteiger partial charge in [-0.25, -0.2) is 0 Å². The van der Waals surface area contributed by atoms with E-state index in [2.05, 4.69) is 0 Å². The molecule has 15 atom stereocenters. The van der Waals surface area contributed by atoms with Crippen LogP contribution in [0.3, 0.4) is 0 Å². The molecule has 410 valence electrons. The van der Waals surface area contributed by atoms with Crippen LogP contribution in [-0.4, -0.2) is 124 Å². The third kappa shape index (κ3) is 11.3. The molecule has 0 aromatic rings. The molecular formula is C56H78O18. The van der Waals surface area contributed by atoms with Gasteiger partial charge in [-0.3, -0.25) is 33.6 Å². The monoisotopic (exact) mass is 1040 g/mol. The van der Waals surface area contributed by atoms with E-state index in [9.17, 15) is 33.6 Å². The summed E-state index contributed by atoms with van der Waals surface area (Å²) in [6.45, 7) is 3.03. The molecule has 7 saturated carbocycles. The van der Waals surface area contributed by atoms with Crippen molar-refractivity contribution in [3.05, 3.63) is 0 Å². The second kappa shape index (κ2) is 22.6. The van der Waals surface area contributed by atoms with Gasteiger partial charge in [0.2, 0.25) is 0 Å². The minimum absolute atomic E-state index is 0.00289. The molecule has 0 aromatic carbocycles. The van der Waals surface area contributed by atoms with Gasteiger partial charge in [-0.15, -0.1) is 0 Å². The van der Waals surface area contributed by atoms with Crippen LogP contribution in [0.4, 0.5) is 0 Å². The SMILES string of the molecule is O=C1CC2CCCC2O1.O=C1CC2OC3OCOC3C2O1.O=C1CC2OCCC2O1.O=C1OC2CC3CC(C2)CC1C3.O=C1OCC2CCCC12.O=C1OCCC12CC1CCC2C1.O=C1OCCC12CCCCC2. The lowest BCUT2D eigenvalue weighted by molar-refractivity contribution is -0.151. The van der Waals surface area contributed by atoms with E-state index in [4.69, 9.17) is 52.1 Å². The number of hydrogen-bond donors (Lipinski definition) is 0. The zero-order chi connectivity index (χ0) is 51.0. The van der Waals surface area contributed by atoms with E-state index in [-0.39, 0.29) is 114 Å². The number of ether oxygens (including phenoxy) is 11. The molecule has 2 spiro atoms. The van der Waals surface area contributed by atoms with Crippen LogP contribution in [0.1, 0.15) is 167 Å². The number of fused-ring (bicyclic) bond motifs is 10. The van der Waals surface area contributed by atoms with Crippen molar-refractivity contribution < 1.29 is 85.7 Å². The van der Waals surface area contributed by atoms with Gasteiger partial charge in [0.25, 0.3) is 0 Å². The largest absolute Gasteiger partial charge is 0.465 e. The Bertz CT molecular complexity index is 2010. The average Bonchev–Trinajstić information content (AvgIpc) is 4.19. The van der Waals surface area contributed by atoms with Crippen LogP contribution < -0.4 is 0 Å².